The first-order valence-corrected chi connectivity index (χ1v) is 10.5. The number of halogens is 2. The number of hydrogen-bond acceptors (Lipinski definition) is 3. The molecule has 0 saturated carbocycles. The molecule has 2 aromatic heterocycles. The molecule has 4 aromatic rings. The highest BCUT2D eigenvalue weighted by Crippen LogP contribution is 2.37. The lowest BCUT2D eigenvalue weighted by molar-refractivity contribution is -0.0222. The summed E-state index contributed by atoms with van der Waals surface area (Å²) in [7, 11) is 0. The third kappa shape index (κ3) is 3.31. The molecule has 0 spiro atoms. The van der Waals surface area contributed by atoms with Crippen LogP contribution in [0.15, 0.2) is 54.6 Å². The highest BCUT2D eigenvalue weighted by atomic mass is 19.3. The average Bonchev–Trinajstić information content (AvgIpc) is 3.14. The van der Waals surface area contributed by atoms with Crippen LogP contribution >= 0.6 is 0 Å². The van der Waals surface area contributed by atoms with Crippen molar-refractivity contribution < 1.29 is 8.78 Å². The van der Waals surface area contributed by atoms with Crippen LogP contribution in [0.4, 0.5) is 14.6 Å². The van der Waals surface area contributed by atoms with E-state index in [1.165, 1.54) is 0 Å². The van der Waals surface area contributed by atoms with E-state index in [0.717, 1.165) is 33.5 Å². The molecule has 1 saturated heterocycles. The van der Waals surface area contributed by atoms with E-state index in [4.69, 9.17) is 4.98 Å². The fraction of sp³-hybridized carbons (Fsp3) is 0.280. The van der Waals surface area contributed by atoms with E-state index in [-0.39, 0.29) is 25.9 Å². The normalized spacial score (nSPS) is 16.0. The molecule has 1 aliphatic rings. The van der Waals surface area contributed by atoms with Gasteiger partial charge in [-0.15, -0.1) is 0 Å². The van der Waals surface area contributed by atoms with Crippen LogP contribution in [0.3, 0.4) is 0 Å². The van der Waals surface area contributed by atoms with Crippen LogP contribution in [0.1, 0.15) is 35.1 Å². The number of alkyl halides is 2. The molecule has 2 aromatic carbocycles. The molecule has 1 fully saturated rings. The smallest absolute Gasteiger partial charge is 0.251 e. The number of aromatic nitrogens is 2. The van der Waals surface area contributed by atoms with Gasteiger partial charge in [0, 0.05) is 37.9 Å². The van der Waals surface area contributed by atoms with Crippen molar-refractivity contribution in [3.63, 3.8) is 0 Å². The maximum Gasteiger partial charge on any atom is 0.251 e. The lowest BCUT2D eigenvalue weighted by atomic mass is 9.96. The van der Waals surface area contributed by atoms with Crippen LogP contribution in [-0.4, -0.2) is 28.4 Å². The molecule has 0 atom stereocenters. The average molecular weight is 416 g/mol. The number of nitrogens with zero attached hydrogens (tertiary/aromatic N) is 4. The molecule has 31 heavy (non-hydrogen) atoms. The third-order valence-corrected chi connectivity index (χ3v) is 6.22. The number of piperidine rings is 1. The molecule has 0 radical (unpaired) electrons. The molecule has 5 rings (SSSR count). The van der Waals surface area contributed by atoms with Crippen molar-refractivity contribution in [1.82, 2.24) is 9.38 Å². The Morgan fingerprint density at radius 3 is 2.42 bits per heavy atom. The van der Waals surface area contributed by atoms with Crippen molar-refractivity contribution in [2.75, 3.05) is 18.0 Å². The van der Waals surface area contributed by atoms with E-state index in [9.17, 15) is 14.0 Å². The van der Waals surface area contributed by atoms with Gasteiger partial charge in [0.25, 0.3) is 5.92 Å². The van der Waals surface area contributed by atoms with Crippen molar-refractivity contribution in [2.24, 2.45) is 0 Å². The maximum atomic E-state index is 14.0. The number of fused-ring (bicyclic) bond motifs is 3. The molecule has 4 nitrogen and oxygen atoms in total. The fourth-order valence-corrected chi connectivity index (χ4v) is 4.55. The van der Waals surface area contributed by atoms with Gasteiger partial charge in [-0.05, 0) is 30.2 Å². The van der Waals surface area contributed by atoms with Crippen LogP contribution in [0, 0.1) is 18.3 Å². The second-order valence-electron chi connectivity index (χ2n) is 8.18. The first kappa shape index (κ1) is 19.5. The van der Waals surface area contributed by atoms with E-state index in [1.807, 2.05) is 58.7 Å². The van der Waals surface area contributed by atoms with Crippen LogP contribution < -0.4 is 4.90 Å². The van der Waals surface area contributed by atoms with E-state index >= 15 is 0 Å². The topological polar surface area (TPSA) is 44.3 Å². The number of hydrogen-bond donors (Lipinski definition) is 0. The summed E-state index contributed by atoms with van der Waals surface area (Å²) < 4.78 is 29.9. The minimum atomic E-state index is -2.63. The van der Waals surface area contributed by atoms with Crippen molar-refractivity contribution >= 4 is 22.5 Å². The Morgan fingerprint density at radius 1 is 1.03 bits per heavy atom. The molecule has 0 aliphatic carbocycles. The number of para-hydroxylation sites is 2. The quantitative estimate of drug-likeness (QED) is 0.443. The zero-order valence-corrected chi connectivity index (χ0v) is 17.3. The molecule has 6 heteroatoms. The molecular formula is C25H22F2N4. The van der Waals surface area contributed by atoms with Gasteiger partial charge in [0.05, 0.1) is 16.6 Å². The van der Waals surface area contributed by atoms with E-state index in [2.05, 4.69) is 18.2 Å². The van der Waals surface area contributed by atoms with Gasteiger partial charge in [-0.1, -0.05) is 42.5 Å². The molecule has 0 bridgehead atoms. The lowest BCUT2D eigenvalue weighted by Crippen LogP contribution is -2.40. The molecule has 0 amide bonds. The number of pyridine rings is 1. The minimum Gasteiger partial charge on any atom is -0.357 e. The standard InChI is InChI=1S/C25H22F2N4/c1-17-19(15-18-7-3-2-4-8-18)24(30-13-11-25(26,27)12-14-30)31-22-10-6-5-9-21(22)29-23(31)20(17)16-28/h2-10H,11-15H2,1H3. The van der Waals surface area contributed by atoms with Crippen molar-refractivity contribution in [3.8, 4) is 6.07 Å². The van der Waals surface area contributed by atoms with Crippen LogP contribution in [0.25, 0.3) is 16.7 Å². The number of nitriles is 1. The van der Waals surface area contributed by atoms with Gasteiger partial charge in [-0.3, -0.25) is 4.40 Å². The summed E-state index contributed by atoms with van der Waals surface area (Å²) in [6.45, 7) is 2.47. The zero-order valence-electron chi connectivity index (χ0n) is 17.3. The van der Waals surface area contributed by atoms with Crippen molar-refractivity contribution in [1.29, 1.82) is 5.26 Å². The molecule has 3 heterocycles. The number of rotatable bonds is 3. The Labute approximate surface area is 179 Å². The predicted octanol–water partition coefficient (Wildman–Crippen LogP) is 5.49. The fourth-order valence-electron chi connectivity index (χ4n) is 4.55. The number of anilines is 1. The van der Waals surface area contributed by atoms with Crippen molar-refractivity contribution in [2.45, 2.75) is 32.1 Å². The summed E-state index contributed by atoms with van der Waals surface area (Å²) in [4.78, 5) is 6.79. The molecule has 0 N–H and O–H groups in total. The van der Waals surface area contributed by atoms with Gasteiger partial charge in [-0.25, -0.2) is 13.8 Å². The van der Waals surface area contributed by atoms with Gasteiger partial charge in [0.2, 0.25) is 0 Å². The largest absolute Gasteiger partial charge is 0.357 e. The monoisotopic (exact) mass is 416 g/mol. The van der Waals surface area contributed by atoms with Crippen LogP contribution in [0.2, 0.25) is 0 Å². The summed E-state index contributed by atoms with van der Waals surface area (Å²) in [6.07, 6.45) is 0.266. The Hall–Kier alpha value is -3.46. The minimum absolute atomic E-state index is 0.176. The van der Waals surface area contributed by atoms with Crippen LogP contribution in [0.5, 0.6) is 0 Å². The Morgan fingerprint density at radius 2 is 1.71 bits per heavy atom. The van der Waals surface area contributed by atoms with Crippen molar-refractivity contribution in [3.05, 3.63) is 76.9 Å². The molecule has 156 valence electrons. The maximum absolute atomic E-state index is 14.0. The summed E-state index contributed by atoms with van der Waals surface area (Å²) in [5.74, 6) is -1.76. The van der Waals surface area contributed by atoms with Gasteiger partial charge in [0.1, 0.15) is 11.9 Å². The third-order valence-electron chi connectivity index (χ3n) is 6.22. The Bertz CT molecular complexity index is 1310. The summed E-state index contributed by atoms with van der Waals surface area (Å²) >= 11 is 0. The van der Waals surface area contributed by atoms with E-state index in [0.29, 0.717) is 17.6 Å². The number of benzene rings is 2. The highest BCUT2D eigenvalue weighted by molar-refractivity contribution is 5.86. The van der Waals surface area contributed by atoms with Gasteiger partial charge >= 0.3 is 0 Å². The predicted molar refractivity (Wildman–Crippen MR) is 118 cm³/mol. The summed E-state index contributed by atoms with van der Waals surface area (Å²) in [5.41, 5.74) is 5.76. The second-order valence-corrected chi connectivity index (χ2v) is 8.18. The summed E-state index contributed by atoms with van der Waals surface area (Å²) in [6, 6.07) is 20.1. The molecule has 0 unspecified atom stereocenters. The first-order chi connectivity index (χ1) is 15.0. The summed E-state index contributed by atoms with van der Waals surface area (Å²) in [5, 5.41) is 9.99. The molecule has 1 aliphatic heterocycles. The highest BCUT2D eigenvalue weighted by Gasteiger charge is 2.36. The second kappa shape index (κ2) is 7.35. The van der Waals surface area contributed by atoms with E-state index < -0.39 is 5.92 Å². The first-order valence-electron chi connectivity index (χ1n) is 10.5. The van der Waals surface area contributed by atoms with Gasteiger partial charge in [0.15, 0.2) is 5.65 Å². The Balaban J connectivity index is 1.82. The molecular weight excluding hydrogens is 394 g/mol. The van der Waals surface area contributed by atoms with Gasteiger partial charge in [-0.2, -0.15) is 5.26 Å². The SMILES string of the molecule is Cc1c(Cc2ccccc2)c(N2CCC(F)(F)CC2)n2c(nc3ccccc32)c1C#N. The lowest BCUT2D eigenvalue weighted by Gasteiger charge is -2.35. The zero-order chi connectivity index (χ0) is 21.6. The Kier molecular flexibility index (Phi) is 4.62. The van der Waals surface area contributed by atoms with Gasteiger partial charge < -0.3 is 4.90 Å². The number of imidazole rings is 1. The van der Waals surface area contributed by atoms with Crippen LogP contribution in [-0.2, 0) is 6.42 Å². The van der Waals surface area contributed by atoms with E-state index in [1.54, 1.807) is 0 Å².